The summed E-state index contributed by atoms with van der Waals surface area (Å²) in [5, 5.41) is 2.76. The number of alkyl halides is 3. The maximum Gasteiger partial charge on any atom is 0.422 e. The fourth-order valence-corrected chi connectivity index (χ4v) is 1.00. The van der Waals surface area contributed by atoms with Crippen LogP contribution in [0.4, 0.5) is 19.0 Å². The van der Waals surface area contributed by atoms with Gasteiger partial charge in [-0.1, -0.05) is 6.07 Å². The lowest BCUT2D eigenvalue weighted by atomic mass is 10.3. The van der Waals surface area contributed by atoms with Crippen LogP contribution in [0.3, 0.4) is 0 Å². The molecule has 1 N–H and O–H groups in total. The molecule has 0 atom stereocenters. The van der Waals surface area contributed by atoms with E-state index in [1.165, 1.54) is 6.07 Å². The summed E-state index contributed by atoms with van der Waals surface area (Å²) < 4.78 is 40.0. The van der Waals surface area contributed by atoms with Gasteiger partial charge in [0.25, 0.3) is 0 Å². The molecule has 0 bridgehead atoms. The summed E-state index contributed by atoms with van der Waals surface area (Å²) in [7, 11) is 1.64. The summed E-state index contributed by atoms with van der Waals surface area (Å²) in [6, 6.07) is 3.05. The number of aromatic nitrogens is 1. The molecule has 0 fully saturated rings. The zero-order chi connectivity index (χ0) is 11.5. The number of nitrogens with one attached hydrogen (secondary N) is 1. The molecule has 1 aromatic rings. The lowest BCUT2D eigenvalue weighted by Gasteiger charge is -2.10. The van der Waals surface area contributed by atoms with E-state index in [2.05, 4.69) is 15.0 Å². The van der Waals surface area contributed by atoms with Crippen LogP contribution in [-0.2, 0) is 0 Å². The van der Waals surface area contributed by atoms with Gasteiger partial charge in [-0.2, -0.15) is 18.2 Å². The summed E-state index contributed by atoms with van der Waals surface area (Å²) in [6.07, 6.45) is -4.34. The normalized spacial score (nSPS) is 10.6. The van der Waals surface area contributed by atoms with Crippen molar-refractivity contribution in [3.05, 3.63) is 17.7 Å². The minimum Gasteiger partial charge on any atom is -0.468 e. The maximum absolute atomic E-state index is 11.8. The Morgan fingerprint density at radius 3 is 2.50 bits per heavy atom. The Labute approximate surface area is 97.4 Å². The van der Waals surface area contributed by atoms with Crippen molar-refractivity contribution >= 4 is 18.2 Å². The second kappa shape index (κ2) is 5.79. The van der Waals surface area contributed by atoms with Crippen LogP contribution in [0.15, 0.2) is 12.1 Å². The summed E-state index contributed by atoms with van der Waals surface area (Å²) >= 11 is 0. The second-order valence-electron chi connectivity index (χ2n) is 2.97. The number of hydrogen-bond donors (Lipinski definition) is 1. The molecule has 1 aromatic heterocycles. The Bertz CT molecular complexity index is 344. The second-order valence-corrected chi connectivity index (χ2v) is 2.97. The Hall–Kier alpha value is -1.17. The molecule has 0 saturated carbocycles. The topological polar surface area (TPSA) is 34.2 Å². The Balaban J connectivity index is 0.00000225. The summed E-state index contributed by atoms with van der Waals surface area (Å²) in [5.74, 6) is 0.469. The molecular formula is C9H12ClF3N2O. The molecule has 92 valence electrons. The molecule has 0 spiro atoms. The van der Waals surface area contributed by atoms with E-state index in [1.54, 1.807) is 20.0 Å². The number of aryl methyl sites for hydroxylation is 1. The first-order valence-electron chi connectivity index (χ1n) is 4.27. The van der Waals surface area contributed by atoms with E-state index >= 15 is 0 Å². The predicted molar refractivity (Wildman–Crippen MR) is 57.3 cm³/mol. The third-order valence-corrected chi connectivity index (χ3v) is 1.69. The van der Waals surface area contributed by atoms with Gasteiger partial charge in [0.15, 0.2) is 6.61 Å². The number of hydrogen-bond acceptors (Lipinski definition) is 3. The fraction of sp³-hybridized carbons (Fsp3) is 0.444. The van der Waals surface area contributed by atoms with Gasteiger partial charge in [-0.3, -0.25) is 0 Å². The van der Waals surface area contributed by atoms with Crippen LogP contribution in [0.2, 0.25) is 0 Å². The first-order chi connectivity index (χ1) is 6.92. The summed E-state index contributed by atoms with van der Waals surface area (Å²) in [6.45, 7) is 0.471. The molecule has 0 aliphatic heterocycles. The van der Waals surface area contributed by atoms with Crippen molar-refractivity contribution in [2.45, 2.75) is 13.1 Å². The molecule has 1 heterocycles. The molecule has 0 unspecified atom stereocenters. The molecule has 3 nitrogen and oxygen atoms in total. The zero-order valence-electron chi connectivity index (χ0n) is 8.76. The van der Waals surface area contributed by atoms with E-state index in [1.807, 2.05) is 0 Å². The number of nitrogens with zero attached hydrogens (tertiary/aromatic N) is 1. The van der Waals surface area contributed by atoms with E-state index in [0.717, 1.165) is 5.56 Å². The lowest BCUT2D eigenvalue weighted by Crippen LogP contribution is -2.19. The standard InChI is InChI=1S/C9H11F3N2O.ClH/c1-6-3-4-7(14-8(6)13-2)15-5-9(10,11)12;/h3-4H,5H2,1-2H3,(H,13,14);1H. The molecule has 16 heavy (non-hydrogen) atoms. The lowest BCUT2D eigenvalue weighted by molar-refractivity contribution is -0.154. The van der Waals surface area contributed by atoms with Gasteiger partial charge in [0.2, 0.25) is 5.88 Å². The minimum absolute atomic E-state index is 0. The molecule has 0 aromatic carbocycles. The average molecular weight is 257 g/mol. The molecule has 0 amide bonds. The van der Waals surface area contributed by atoms with Gasteiger partial charge in [-0.15, -0.1) is 12.4 Å². The smallest absolute Gasteiger partial charge is 0.422 e. The number of pyridine rings is 1. The van der Waals surface area contributed by atoms with Crippen molar-refractivity contribution in [2.24, 2.45) is 0 Å². The summed E-state index contributed by atoms with van der Waals surface area (Å²) in [5.41, 5.74) is 0.844. The van der Waals surface area contributed by atoms with Gasteiger partial charge in [-0.25, -0.2) is 0 Å². The van der Waals surface area contributed by atoms with Crippen LogP contribution in [0.25, 0.3) is 0 Å². The largest absolute Gasteiger partial charge is 0.468 e. The van der Waals surface area contributed by atoms with Crippen LogP contribution < -0.4 is 10.1 Å². The Kier molecular flexibility index (Phi) is 5.37. The summed E-state index contributed by atoms with van der Waals surface area (Å²) in [4.78, 5) is 3.86. The van der Waals surface area contributed by atoms with Crippen LogP contribution in [0.1, 0.15) is 5.56 Å². The number of ether oxygens (including phenoxy) is 1. The highest BCUT2D eigenvalue weighted by atomic mass is 35.5. The molecule has 0 radical (unpaired) electrons. The van der Waals surface area contributed by atoms with Crippen LogP contribution >= 0.6 is 12.4 Å². The zero-order valence-corrected chi connectivity index (χ0v) is 9.58. The van der Waals surface area contributed by atoms with Gasteiger partial charge >= 0.3 is 6.18 Å². The molecule has 1 rings (SSSR count). The fourth-order valence-electron chi connectivity index (χ4n) is 1.00. The maximum atomic E-state index is 11.8. The average Bonchev–Trinajstić information content (AvgIpc) is 2.15. The molecule has 0 aliphatic carbocycles. The molecule has 7 heteroatoms. The van der Waals surface area contributed by atoms with Crippen molar-refractivity contribution in [2.75, 3.05) is 19.0 Å². The van der Waals surface area contributed by atoms with Crippen molar-refractivity contribution in [3.63, 3.8) is 0 Å². The first-order valence-corrected chi connectivity index (χ1v) is 4.27. The SMILES string of the molecule is CNc1nc(OCC(F)(F)F)ccc1C.Cl. The highest BCUT2D eigenvalue weighted by molar-refractivity contribution is 5.85. The van der Waals surface area contributed by atoms with Gasteiger partial charge in [0, 0.05) is 13.1 Å². The third kappa shape index (κ3) is 4.57. The highest BCUT2D eigenvalue weighted by Crippen LogP contribution is 2.19. The molecule has 0 saturated heterocycles. The number of anilines is 1. The van der Waals surface area contributed by atoms with E-state index < -0.39 is 12.8 Å². The monoisotopic (exact) mass is 256 g/mol. The van der Waals surface area contributed by atoms with E-state index in [4.69, 9.17) is 0 Å². The van der Waals surface area contributed by atoms with E-state index in [9.17, 15) is 13.2 Å². The Morgan fingerprint density at radius 1 is 1.38 bits per heavy atom. The minimum atomic E-state index is -4.34. The molecule has 0 aliphatic rings. The van der Waals surface area contributed by atoms with Gasteiger partial charge in [-0.05, 0) is 12.5 Å². The number of rotatable bonds is 3. The van der Waals surface area contributed by atoms with Crippen LogP contribution in [0.5, 0.6) is 5.88 Å². The van der Waals surface area contributed by atoms with Crippen molar-refractivity contribution in [1.82, 2.24) is 4.98 Å². The predicted octanol–water partition coefficient (Wildman–Crippen LogP) is 2.79. The first kappa shape index (κ1) is 14.8. The number of halogens is 4. The highest BCUT2D eigenvalue weighted by Gasteiger charge is 2.28. The van der Waals surface area contributed by atoms with Gasteiger partial charge in [0.05, 0.1) is 0 Å². The van der Waals surface area contributed by atoms with Crippen molar-refractivity contribution in [1.29, 1.82) is 0 Å². The van der Waals surface area contributed by atoms with Crippen molar-refractivity contribution in [3.8, 4) is 5.88 Å². The van der Waals surface area contributed by atoms with Crippen molar-refractivity contribution < 1.29 is 17.9 Å². The third-order valence-electron chi connectivity index (χ3n) is 1.69. The van der Waals surface area contributed by atoms with Crippen LogP contribution in [-0.4, -0.2) is 24.8 Å². The molecular weight excluding hydrogens is 245 g/mol. The van der Waals surface area contributed by atoms with Crippen LogP contribution in [0, 0.1) is 6.92 Å². The van der Waals surface area contributed by atoms with E-state index in [-0.39, 0.29) is 18.3 Å². The van der Waals surface area contributed by atoms with Gasteiger partial charge in [0.1, 0.15) is 5.82 Å². The van der Waals surface area contributed by atoms with E-state index in [0.29, 0.717) is 5.82 Å². The quantitative estimate of drug-likeness (QED) is 0.903. The Morgan fingerprint density at radius 2 is 2.00 bits per heavy atom. The van der Waals surface area contributed by atoms with Gasteiger partial charge < -0.3 is 10.1 Å².